The zero-order chi connectivity index (χ0) is 32.1. The number of carbonyl (C=O) groups is 4. The Bertz CT molecular complexity index is 767. The van der Waals surface area contributed by atoms with Crippen molar-refractivity contribution in [1.29, 1.82) is 0 Å². The van der Waals surface area contributed by atoms with Crippen molar-refractivity contribution < 1.29 is 56.8 Å². The Morgan fingerprint density at radius 3 is 1.62 bits per heavy atom. The second-order valence-electron chi connectivity index (χ2n) is 6.89. The molecule has 0 aromatic rings. The summed E-state index contributed by atoms with van der Waals surface area (Å²) in [5.74, 6) is -0.244. The third-order valence-electron chi connectivity index (χ3n) is 3.48. The number of ether oxygens (including phenoxy) is 4. The van der Waals surface area contributed by atoms with Gasteiger partial charge < -0.3 is 29.2 Å². The van der Waals surface area contributed by atoms with Crippen LogP contribution in [0.5, 0.6) is 0 Å². The third kappa shape index (κ3) is 42.1. The minimum Gasteiger partial charge on any atom is -0.479 e. The fourth-order valence-corrected chi connectivity index (χ4v) is 3.06. The third-order valence-corrected chi connectivity index (χ3v) is 8.64. The monoisotopic (exact) mass is 692 g/mol. The molecule has 0 aromatic carbocycles. The van der Waals surface area contributed by atoms with Gasteiger partial charge in [0.2, 0.25) is 0 Å². The van der Waals surface area contributed by atoms with Gasteiger partial charge in [0.1, 0.15) is 0 Å². The van der Waals surface area contributed by atoms with Crippen molar-refractivity contribution in [2.75, 3.05) is 62.5 Å². The molecule has 0 aliphatic rings. The van der Waals surface area contributed by atoms with E-state index in [-0.39, 0.29) is 11.1 Å². The van der Waals surface area contributed by atoms with Crippen LogP contribution in [0.15, 0.2) is 0 Å². The van der Waals surface area contributed by atoms with Gasteiger partial charge in [-0.05, 0) is 51.0 Å². The van der Waals surface area contributed by atoms with Crippen LogP contribution >= 0.6 is 56.8 Å². The van der Waals surface area contributed by atoms with Gasteiger partial charge in [-0.15, -0.1) is 0 Å². The van der Waals surface area contributed by atoms with Crippen molar-refractivity contribution in [1.82, 2.24) is 0 Å². The number of thiol groups is 1. The lowest BCUT2D eigenvalue weighted by Crippen LogP contribution is -2.24. The summed E-state index contributed by atoms with van der Waals surface area (Å²) < 4.78 is 39.6. The van der Waals surface area contributed by atoms with Crippen LogP contribution in [0.3, 0.4) is 0 Å². The number of hydrogen-bond donors (Lipinski definition) is 3. The van der Waals surface area contributed by atoms with E-state index in [1.807, 2.05) is 6.26 Å². The van der Waals surface area contributed by atoms with Gasteiger partial charge in [0.15, 0.2) is 32.3 Å². The average molecular weight is 693 g/mol. The van der Waals surface area contributed by atoms with E-state index in [2.05, 4.69) is 12.6 Å². The first-order chi connectivity index (χ1) is 18.5. The Kier molecular flexibility index (Phi) is 36.8. The maximum atomic E-state index is 11.1. The van der Waals surface area contributed by atoms with Crippen molar-refractivity contribution in [3.63, 3.8) is 0 Å². The van der Waals surface area contributed by atoms with Crippen molar-refractivity contribution in [3.8, 4) is 0 Å². The van der Waals surface area contributed by atoms with E-state index in [1.165, 1.54) is 45.0 Å². The summed E-state index contributed by atoms with van der Waals surface area (Å²) in [5, 5.41) is 16.7. The first-order valence-corrected chi connectivity index (χ1v) is 19.6. The number of carboxylic acids is 2. The van der Waals surface area contributed by atoms with E-state index in [9.17, 15) is 27.6 Å². The molecule has 0 spiro atoms. The van der Waals surface area contributed by atoms with Gasteiger partial charge in [0.25, 0.3) is 0 Å². The van der Waals surface area contributed by atoms with Crippen molar-refractivity contribution in [2.45, 2.75) is 52.9 Å². The second-order valence-corrected chi connectivity index (χ2v) is 15.9. The molecular weight excluding hydrogens is 649 g/mol. The first-order valence-electron chi connectivity index (χ1n) is 11.6. The molecule has 0 radical (unpaired) electrons. The van der Waals surface area contributed by atoms with Crippen molar-refractivity contribution in [3.05, 3.63) is 0 Å². The summed E-state index contributed by atoms with van der Waals surface area (Å²) in [7, 11) is 1.42. The highest BCUT2D eigenvalue weighted by atomic mass is 33.1. The summed E-state index contributed by atoms with van der Waals surface area (Å²) in [5.41, 5.74) is 0. The van der Waals surface area contributed by atoms with Crippen LogP contribution in [-0.4, -0.2) is 122 Å². The zero-order valence-electron chi connectivity index (χ0n) is 24.1. The molecule has 0 saturated heterocycles. The van der Waals surface area contributed by atoms with Gasteiger partial charge >= 0.3 is 17.9 Å². The standard InChI is InChI=1S/C9H16O4S.C6H12O3S2.C5H10O3S.C2H6O2S2/c1-4-12-9(11)7(2)13-5-6-14-8(3)10;1-5(6(7)8)9-3-4-11-10-2;1-4(5(6)7)8-2-3-9;1-5-6(2,3)4/h7H,4-6H2,1-3H3;5H,3-4H2,1-2H3,(H,7,8);4,9H,2-3H2,1H3,(H,6,7);1-2H3/t7-;5-;4-;/m000./s1. The molecule has 0 saturated carbocycles. The Hall–Kier alpha value is -0.340. The zero-order valence-corrected chi connectivity index (χ0v) is 29.1. The molecule has 0 unspecified atom stereocenters. The largest absolute Gasteiger partial charge is 0.479 e. The molecule has 3 atom stereocenters. The molecule has 40 heavy (non-hydrogen) atoms. The topological polar surface area (TPSA) is 180 Å². The molecule has 0 aromatic heterocycles. The molecular formula is C22H44O12S6. The smallest absolute Gasteiger partial charge is 0.334 e. The molecule has 0 aliphatic carbocycles. The Morgan fingerprint density at radius 2 is 1.27 bits per heavy atom. The van der Waals surface area contributed by atoms with Gasteiger partial charge in [-0.1, -0.05) is 33.3 Å². The van der Waals surface area contributed by atoms with Crippen LogP contribution in [-0.2, 0) is 47.0 Å². The predicted octanol–water partition coefficient (Wildman–Crippen LogP) is 3.44. The molecule has 0 bridgehead atoms. The van der Waals surface area contributed by atoms with E-state index in [0.717, 1.165) is 16.5 Å². The minimum atomic E-state index is -2.75. The maximum absolute atomic E-state index is 11.1. The fraction of sp³-hybridized carbons (Fsp3) is 0.818. The number of rotatable bonds is 17. The lowest BCUT2D eigenvalue weighted by Gasteiger charge is -2.10. The van der Waals surface area contributed by atoms with Gasteiger partial charge in [-0.3, -0.25) is 4.79 Å². The predicted molar refractivity (Wildman–Crippen MR) is 169 cm³/mol. The number of aliphatic carboxylic acids is 2. The number of esters is 1. The number of hydrogen-bond acceptors (Lipinski definition) is 15. The van der Waals surface area contributed by atoms with Gasteiger partial charge in [0.05, 0.1) is 26.4 Å². The minimum absolute atomic E-state index is 0.0531. The molecule has 12 nitrogen and oxygen atoms in total. The normalized spacial score (nSPS) is 12.5. The van der Waals surface area contributed by atoms with Gasteiger partial charge in [-0.25, -0.2) is 22.8 Å². The molecule has 0 aliphatic heterocycles. The number of carbonyl (C=O) groups excluding carboxylic acids is 2. The first kappa shape index (κ1) is 46.6. The summed E-state index contributed by atoms with van der Waals surface area (Å²) in [4.78, 5) is 41.9. The van der Waals surface area contributed by atoms with Crippen LogP contribution in [0.1, 0.15) is 34.6 Å². The SMILES string of the molecule is CCOC(=O)[C@H](C)OCCSC(C)=O.CSS(C)(=O)=O.CSSCCO[C@@H](C)C(=O)O.C[C@H](OCCS)C(=O)O. The highest BCUT2D eigenvalue weighted by molar-refractivity contribution is 8.76. The van der Waals surface area contributed by atoms with Crippen LogP contribution < -0.4 is 0 Å². The summed E-state index contributed by atoms with van der Waals surface area (Å²) >= 11 is 5.03. The van der Waals surface area contributed by atoms with Crippen LogP contribution in [0.4, 0.5) is 0 Å². The highest BCUT2D eigenvalue weighted by Crippen LogP contribution is 2.15. The summed E-state index contributed by atoms with van der Waals surface area (Å²) in [6.45, 7) is 9.53. The van der Waals surface area contributed by atoms with Crippen LogP contribution in [0.2, 0.25) is 0 Å². The van der Waals surface area contributed by atoms with Crippen molar-refractivity contribution >= 4 is 88.7 Å². The Balaban J connectivity index is -0.000000225. The average Bonchev–Trinajstić information content (AvgIpc) is 2.88. The van der Waals surface area contributed by atoms with E-state index < -0.39 is 39.1 Å². The molecule has 2 N–H and O–H groups in total. The van der Waals surface area contributed by atoms with Crippen LogP contribution in [0.25, 0.3) is 0 Å². The summed E-state index contributed by atoms with van der Waals surface area (Å²) in [6, 6.07) is 0. The molecule has 0 heterocycles. The molecule has 0 rings (SSSR count). The lowest BCUT2D eigenvalue weighted by molar-refractivity contribution is -0.155. The molecule has 0 amide bonds. The lowest BCUT2D eigenvalue weighted by atomic mass is 10.4. The Morgan fingerprint density at radius 1 is 0.850 bits per heavy atom. The highest BCUT2D eigenvalue weighted by Gasteiger charge is 2.13. The van der Waals surface area contributed by atoms with E-state index in [0.29, 0.717) is 37.9 Å². The quantitative estimate of drug-likeness (QED) is 0.0872. The molecule has 240 valence electrons. The second kappa shape index (κ2) is 31.6. The maximum Gasteiger partial charge on any atom is 0.334 e. The Labute approximate surface area is 259 Å². The van der Waals surface area contributed by atoms with Crippen LogP contribution in [0, 0.1) is 0 Å². The number of carboxylic acid groups (broad SMARTS) is 2. The number of thioether (sulfide) groups is 1. The van der Waals surface area contributed by atoms with Gasteiger partial charge in [-0.2, -0.15) is 12.6 Å². The van der Waals surface area contributed by atoms with E-state index >= 15 is 0 Å². The van der Waals surface area contributed by atoms with E-state index in [1.54, 1.807) is 35.4 Å². The van der Waals surface area contributed by atoms with Gasteiger partial charge in [0, 0.05) is 30.4 Å². The fourth-order valence-electron chi connectivity index (χ4n) is 1.45. The summed E-state index contributed by atoms with van der Waals surface area (Å²) in [6.07, 6.45) is 2.75. The molecule has 0 fully saturated rings. The van der Waals surface area contributed by atoms with E-state index in [4.69, 9.17) is 29.2 Å². The van der Waals surface area contributed by atoms with Crippen molar-refractivity contribution in [2.24, 2.45) is 0 Å². The molecule has 18 heteroatoms.